The second kappa shape index (κ2) is 57.7. The van der Waals surface area contributed by atoms with Crippen molar-refractivity contribution in [1.82, 2.24) is 0 Å². The Morgan fingerprint density at radius 2 is 0.636 bits per heavy atom. The molecule has 0 N–H and O–H groups in total. The van der Waals surface area contributed by atoms with Gasteiger partial charge in [0.1, 0.15) is 6.61 Å². The lowest BCUT2D eigenvalue weighted by atomic mass is 10.0. The molecule has 0 rings (SSSR count). The summed E-state index contributed by atoms with van der Waals surface area (Å²) in [4.78, 5) is 25.5. The van der Waals surface area contributed by atoms with Crippen LogP contribution in [0.15, 0.2) is 24.3 Å². The average molecular weight is 930 g/mol. The molecule has 0 aromatic heterocycles. The molecule has 1 atom stereocenters. The Morgan fingerprint density at radius 3 is 1.03 bits per heavy atom. The second-order valence-corrected chi connectivity index (χ2v) is 20.3. The van der Waals surface area contributed by atoms with Crippen LogP contribution in [0.2, 0.25) is 0 Å². The van der Waals surface area contributed by atoms with Gasteiger partial charge in [0, 0.05) is 19.4 Å². The van der Waals surface area contributed by atoms with E-state index < -0.39 is 6.10 Å². The van der Waals surface area contributed by atoms with E-state index in [1.165, 1.54) is 257 Å². The molecule has 0 aromatic rings. The molecule has 0 radical (unpaired) electrons. The fraction of sp³-hybridized carbons (Fsp3) is 0.902. The highest BCUT2D eigenvalue weighted by Crippen LogP contribution is 2.17. The molecule has 0 heterocycles. The molecule has 0 aliphatic rings. The van der Waals surface area contributed by atoms with Crippen molar-refractivity contribution in [3.8, 4) is 0 Å². The van der Waals surface area contributed by atoms with Crippen LogP contribution in [0.25, 0.3) is 0 Å². The standard InChI is InChI=1S/C61H116O5/c1-4-7-10-13-16-19-22-25-28-30-31-33-34-36-39-42-45-48-51-54-60(62)65-58-59(57-64-56-53-50-47-44-41-38-27-24-21-18-15-12-9-6-3)66-61(63)55-52-49-46-43-40-37-35-32-29-26-23-20-17-14-11-8-5-2/h16,19,25,28,59H,4-15,17-18,20-24,26-27,29-58H2,1-3H3/b19-16-,28-25-. The van der Waals surface area contributed by atoms with Crippen LogP contribution in [0, 0.1) is 0 Å². The predicted octanol–water partition coefficient (Wildman–Crippen LogP) is 20.4. The van der Waals surface area contributed by atoms with Gasteiger partial charge >= 0.3 is 11.9 Å². The molecule has 0 spiro atoms. The molecule has 0 aliphatic carbocycles. The largest absolute Gasteiger partial charge is 0.462 e. The first-order valence-electron chi connectivity index (χ1n) is 29.9. The van der Waals surface area contributed by atoms with Crippen LogP contribution in [-0.2, 0) is 23.8 Å². The SMILES string of the molecule is CCCCC/C=C\C/C=C\CCCCCCCCCCCC(=O)OCC(COCCCCCCCCCCCCCCCC)OC(=O)CCCCCCCCCCCCCCCCCCC. The maximum absolute atomic E-state index is 12.9. The van der Waals surface area contributed by atoms with Gasteiger partial charge in [-0.3, -0.25) is 9.59 Å². The molecule has 0 saturated carbocycles. The van der Waals surface area contributed by atoms with Crippen LogP contribution >= 0.6 is 0 Å². The third-order valence-corrected chi connectivity index (χ3v) is 13.5. The Morgan fingerprint density at radius 1 is 0.333 bits per heavy atom. The summed E-state index contributed by atoms with van der Waals surface area (Å²) in [5.74, 6) is -0.376. The highest BCUT2D eigenvalue weighted by molar-refractivity contribution is 5.70. The van der Waals surface area contributed by atoms with Gasteiger partial charge in [0.25, 0.3) is 0 Å². The Kier molecular flexibility index (Phi) is 56.3. The van der Waals surface area contributed by atoms with Gasteiger partial charge in [0.15, 0.2) is 6.10 Å². The van der Waals surface area contributed by atoms with Gasteiger partial charge < -0.3 is 14.2 Å². The van der Waals surface area contributed by atoms with Crippen LogP contribution in [0.5, 0.6) is 0 Å². The van der Waals surface area contributed by atoms with Gasteiger partial charge in [-0.2, -0.15) is 0 Å². The molecule has 1 unspecified atom stereocenters. The normalized spacial score (nSPS) is 12.2. The van der Waals surface area contributed by atoms with Crippen molar-refractivity contribution in [2.75, 3.05) is 19.8 Å². The molecule has 0 aromatic carbocycles. The summed E-state index contributed by atoms with van der Waals surface area (Å²) in [5.41, 5.74) is 0. The topological polar surface area (TPSA) is 61.8 Å². The van der Waals surface area contributed by atoms with Crippen molar-refractivity contribution < 1.29 is 23.8 Å². The Balaban J connectivity index is 4.20. The zero-order valence-electron chi connectivity index (χ0n) is 45.0. The van der Waals surface area contributed by atoms with E-state index in [-0.39, 0.29) is 18.5 Å². The number of hydrogen-bond donors (Lipinski definition) is 0. The first kappa shape index (κ1) is 64.4. The minimum Gasteiger partial charge on any atom is -0.462 e. The maximum atomic E-state index is 12.9. The summed E-state index contributed by atoms with van der Waals surface area (Å²) in [6.45, 7) is 7.88. The van der Waals surface area contributed by atoms with Gasteiger partial charge in [0.2, 0.25) is 0 Å². The predicted molar refractivity (Wildman–Crippen MR) is 289 cm³/mol. The van der Waals surface area contributed by atoms with Crippen LogP contribution in [0.1, 0.15) is 329 Å². The number of carbonyl (C=O) groups is 2. The summed E-state index contributed by atoms with van der Waals surface area (Å²) in [5, 5.41) is 0. The number of rotatable bonds is 56. The zero-order chi connectivity index (χ0) is 47.7. The number of esters is 2. The van der Waals surface area contributed by atoms with E-state index in [1.807, 2.05) is 0 Å². The quantitative estimate of drug-likeness (QED) is 0.0345. The van der Waals surface area contributed by atoms with Gasteiger partial charge in [-0.25, -0.2) is 0 Å². The van der Waals surface area contributed by atoms with Crippen molar-refractivity contribution in [1.29, 1.82) is 0 Å². The molecular weight excluding hydrogens is 813 g/mol. The third-order valence-electron chi connectivity index (χ3n) is 13.5. The van der Waals surface area contributed by atoms with Crippen LogP contribution in [0.3, 0.4) is 0 Å². The molecule has 5 nitrogen and oxygen atoms in total. The Bertz CT molecular complexity index is 1010. The number of carbonyl (C=O) groups excluding carboxylic acids is 2. The Labute approximate surface area is 413 Å². The lowest BCUT2D eigenvalue weighted by Gasteiger charge is -2.18. The summed E-state index contributed by atoms with van der Waals surface area (Å²) in [7, 11) is 0. The van der Waals surface area contributed by atoms with E-state index in [0.29, 0.717) is 26.1 Å². The average Bonchev–Trinajstić information content (AvgIpc) is 3.32. The maximum Gasteiger partial charge on any atom is 0.306 e. The second-order valence-electron chi connectivity index (χ2n) is 20.3. The van der Waals surface area contributed by atoms with Crippen molar-refractivity contribution in [2.24, 2.45) is 0 Å². The van der Waals surface area contributed by atoms with Crippen LogP contribution in [-0.4, -0.2) is 37.9 Å². The smallest absolute Gasteiger partial charge is 0.306 e. The third kappa shape index (κ3) is 55.0. The minimum atomic E-state index is -0.530. The van der Waals surface area contributed by atoms with Crippen molar-refractivity contribution in [3.05, 3.63) is 24.3 Å². The lowest BCUT2D eigenvalue weighted by molar-refractivity contribution is -0.163. The number of ether oxygens (including phenoxy) is 3. The number of unbranched alkanes of at least 4 members (excludes halogenated alkanes) is 41. The van der Waals surface area contributed by atoms with E-state index in [4.69, 9.17) is 14.2 Å². The highest BCUT2D eigenvalue weighted by Gasteiger charge is 2.17. The minimum absolute atomic E-state index is 0.0916. The van der Waals surface area contributed by atoms with E-state index in [2.05, 4.69) is 45.1 Å². The van der Waals surface area contributed by atoms with Crippen molar-refractivity contribution >= 4 is 11.9 Å². The summed E-state index contributed by atoms with van der Waals surface area (Å²) in [6, 6.07) is 0. The zero-order valence-corrected chi connectivity index (χ0v) is 45.0. The molecule has 66 heavy (non-hydrogen) atoms. The highest BCUT2D eigenvalue weighted by atomic mass is 16.6. The van der Waals surface area contributed by atoms with Crippen molar-refractivity contribution in [3.63, 3.8) is 0 Å². The number of allylic oxidation sites excluding steroid dienone is 4. The molecule has 0 amide bonds. The molecule has 5 heteroatoms. The summed E-state index contributed by atoms with van der Waals surface area (Å²) < 4.78 is 17.5. The lowest BCUT2D eigenvalue weighted by Crippen LogP contribution is -2.30. The molecule has 0 bridgehead atoms. The molecular formula is C61H116O5. The molecule has 390 valence electrons. The fourth-order valence-corrected chi connectivity index (χ4v) is 9.01. The molecule has 0 fully saturated rings. The number of hydrogen-bond acceptors (Lipinski definition) is 5. The molecule has 0 aliphatic heterocycles. The first-order valence-corrected chi connectivity index (χ1v) is 29.9. The first-order chi connectivity index (χ1) is 32.6. The van der Waals surface area contributed by atoms with Gasteiger partial charge in [-0.05, 0) is 51.4 Å². The Hall–Kier alpha value is -1.62. The van der Waals surface area contributed by atoms with Crippen LogP contribution < -0.4 is 0 Å². The van der Waals surface area contributed by atoms with Gasteiger partial charge in [0.05, 0.1) is 6.61 Å². The monoisotopic (exact) mass is 929 g/mol. The van der Waals surface area contributed by atoms with E-state index in [0.717, 1.165) is 38.5 Å². The van der Waals surface area contributed by atoms with Gasteiger partial charge in [-0.15, -0.1) is 0 Å². The fourth-order valence-electron chi connectivity index (χ4n) is 9.01. The van der Waals surface area contributed by atoms with E-state index in [9.17, 15) is 9.59 Å². The molecule has 0 saturated heterocycles. The summed E-state index contributed by atoms with van der Waals surface area (Å²) >= 11 is 0. The van der Waals surface area contributed by atoms with Gasteiger partial charge in [-0.1, -0.05) is 289 Å². The van der Waals surface area contributed by atoms with Crippen LogP contribution in [0.4, 0.5) is 0 Å². The van der Waals surface area contributed by atoms with E-state index >= 15 is 0 Å². The van der Waals surface area contributed by atoms with Crippen molar-refractivity contribution in [2.45, 2.75) is 335 Å². The van der Waals surface area contributed by atoms with E-state index in [1.54, 1.807) is 0 Å². The summed E-state index contributed by atoms with van der Waals surface area (Å²) in [6.07, 6.45) is 69.1.